The Morgan fingerprint density at radius 3 is 2.32 bits per heavy atom. The quantitative estimate of drug-likeness (QED) is 0.255. The van der Waals surface area contributed by atoms with Crippen LogP contribution < -0.4 is 14.4 Å². The molecular weight excluding hydrogens is 555 g/mol. The van der Waals surface area contributed by atoms with Crippen molar-refractivity contribution >= 4 is 34.6 Å². The molecule has 0 fully saturated rings. The highest BCUT2D eigenvalue weighted by atomic mass is 35.5. The minimum atomic E-state index is -0.145. The van der Waals surface area contributed by atoms with Gasteiger partial charge in [-0.2, -0.15) is 0 Å². The fourth-order valence-electron chi connectivity index (χ4n) is 5.84. The van der Waals surface area contributed by atoms with Gasteiger partial charge in [0.2, 0.25) is 5.71 Å². The van der Waals surface area contributed by atoms with Gasteiger partial charge in [-0.15, -0.1) is 0 Å². The second-order valence-electron chi connectivity index (χ2n) is 10.2. The molecule has 0 bridgehead atoms. The fourth-order valence-corrected chi connectivity index (χ4v) is 6.30. The van der Waals surface area contributed by atoms with Gasteiger partial charge in [-0.25, -0.2) is 4.58 Å². The summed E-state index contributed by atoms with van der Waals surface area (Å²) >= 11 is 12.3. The summed E-state index contributed by atoms with van der Waals surface area (Å²) < 4.78 is 15.2. The molecule has 5 rings (SSSR count). The van der Waals surface area contributed by atoms with E-state index in [0.29, 0.717) is 12.4 Å². The van der Waals surface area contributed by atoms with Gasteiger partial charge in [0.1, 0.15) is 37.0 Å². The smallest absolute Gasteiger partial charge is 0.202 e. The van der Waals surface area contributed by atoms with Gasteiger partial charge in [0.05, 0.1) is 10.0 Å². The Balaban J connectivity index is 1.59. The average Bonchev–Trinajstić information content (AvgIpc) is 2.99. The van der Waals surface area contributed by atoms with Gasteiger partial charge in [-0.3, -0.25) is 0 Å². The molecule has 2 unspecified atom stereocenters. The van der Waals surface area contributed by atoms with Crippen molar-refractivity contribution in [1.82, 2.24) is 0 Å². The van der Waals surface area contributed by atoms with E-state index in [1.54, 1.807) is 12.1 Å². The minimum Gasteiger partial charge on any atom is -0.505 e. The molecule has 1 N–H and O–H groups in total. The van der Waals surface area contributed by atoms with Crippen LogP contribution in [0.25, 0.3) is 0 Å². The molecule has 41 heavy (non-hydrogen) atoms. The molecule has 0 amide bonds. The third-order valence-corrected chi connectivity index (χ3v) is 8.62. The Labute approximate surface area is 252 Å². The Hall–Kier alpha value is -3.41. The molecule has 7 heteroatoms. The van der Waals surface area contributed by atoms with Gasteiger partial charge in [0, 0.05) is 66.5 Å². The van der Waals surface area contributed by atoms with Crippen LogP contribution in [-0.2, 0) is 6.61 Å². The highest BCUT2D eigenvalue weighted by Gasteiger charge is 2.38. The Kier molecular flexibility index (Phi) is 8.96. The number of hydrogen-bond acceptors (Lipinski definition) is 4. The van der Waals surface area contributed by atoms with Crippen molar-refractivity contribution in [3.8, 4) is 17.2 Å². The molecule has 0 spiro atoms. The number of phenols is 1. The zero-order chi connectivity index (χ0) is 29.1. The van der Waals surface area contributed by atoms with E-state index in [2.05, 4.69) is 91.8 Å². The lowest BCUT2D eigenvalue weighted by Crippen LogP contribution is -2.30. The zero-order valence-corrected chi connectivity index (χ0v) is 25.5. The number of phenolic OH excluding ortho intramolecular Hbond substituents is 1. The number of halogens is 2. The van der Waals surface area contributed by atoms with E-state index in [0.717, 1.165) is 54.5 Å². The topological polar surface area (TPSA) is 44.9 Å². The standard InChI is InChI=1S/C34H36Cl2N2O3/c1-5-37(6-2)23-13-15-27-31(17-23)41-32-18-24(38(7-3)8-4)14-16-28(32)33(27)26-12-10-9-11-22(26)21-40-25-19-29(35)34(39)30(36)20-25/h9-20,27,33H,5-8,21H2,1-4H3/p+1. The van der Waals surface area contributed by atoms with Crippen molar-refractivity contribution in [3.05, 3.63) is 105 Å². The average molecular weight is 593 g/mol. The Morgan fingerprint density at radius 1 is 0.927 bits per heavy atom. The molecule has 1 heterocycles. The Bertz CT molecular complexity index is 1500. The first-order chi connectivity index (χ1) is 19.9. The molecule has 2 aliphatic rings. The summed E-state index contributed by atoms with van der Waals surface area (Å²) in [5.74, 6) is 2.28. The normalized spacial score (nSPS) is 17.3. The lowest BCUT2D eigenvalue weighted by Gasteiger charge is -2.37. The number of fused-ring (bicyclic) bond motifs is 2. The first kappa shape index (κ1) is 29.1. The van der Waals surface area contributed by atoms with Crippen molar-refractivity contribution in [3.63, 3.8) is 0 Å². The van der Waals surface area contributed by atoms with Crippen molar-refractivity contribution in [2.75, 3.05) is 31.1 Å². The summed E-state index contributed by atoms with van der Waals surface area (Å²) in [5, 5.41) is 10.3. The number of rotatable bonds is 9. The lowest BCUT2D eigenvalue weighted by molar-refractivity contribution is -0.519. The second kappa shape index (κ2) is 12.6. The molecule has 2 atom stereocenters. The van der Waals surface area contributed by atoms with Crippen LogP contribution in [0.15, 0.2) is 78.6 Å². The van der Waals surface area contributed by atoms with Crippen LogP contribution in [-0.4, -0.2) is 41.6 Å². The predicted molar refractivity (Wildman–Crippen MR) is 168 cm³/mol. The molecule has 3 aromatic rings. The maximum absolute atomic E-state index is 9.95. The van der Waals surface area contributed by atoms with Crippen LogP contribution in [0.5, 0.6) is 17.2 Å². The molecule has 1 aliphatic heterocycles. The SMILES string of the molecule is CCN(CC)c1ccc2c(c1)OC1=CC(=[N+](CC)CC)C=CC1C2c1ccccc1COc1cc(Cl)c(O)c(Cl)c1. The number of anilines is 1. The molecule has 3 aromatic carbocycles. The van der Waals surface area contributed by atoms with E-state index in [9.17, 15) is 5.11 Å². The van der Waals surface area contributed by atoms with E-state index < -0.39 is 0 Å². The van der Waals surface area contributed by atoms with E-state index in [-0.39, 0.29) is 27.6 Å². The third kappa shape index (κ3) is 5.84. The number of aromatic hydroxyl groups is 1. The molecule has 0 radical (unpaired) electrons. The molecule has 0 saturated heterocycles. The molecule has 5 nitrogen and oxygen atoms in total. The van der Waals surface area contributed by atoms with Crippen LogP contribution in [0, 0.1) is 5.92 Å². The van der Waals surface area contributed by atoms with E-state index >= 15 is 0 Å². The van der Waals surface area contributed by atoms with E-state index in [1.807, 2.05) is 6.07 Å². The van der Waals surface area contributed by atoms with Gasteiger partial charge in [-0.1, -0.05) is 59.6 Å². The predicted octanol–water partition coefficient (Wildman–Crippen LogP) is 8.21. The van der Waals surface area contributed by atoms with Gasteiger partial charge < -0.3 is 19.5 Å². The van der Waals surface area contributed by atoms with Gasteiger partial charge in [0.15, 0.2) is 5.75 Å². The fraction of sp³-hybridized carbons (Fsp3) is 0.324. The largest absolute Gasteiger partial charge is 0.505 e. The highest BCUT2D eigenvalue weighted by molar-refractivity contribution is 6.37. The first-order valence-electron chi connectivity index (χ1n) is 14.3. The van der Waals surface area contributed by atoms with Crippen LogP contribution in [0.2, 0.25) is 10.0 Å². The minimum absolute atomic E-state index is 0.0389. The van der Waals surface area contributed by atoms with Crippen LogP contribution in [0.1, 0.15) is 50.3 Å². The van der Waals surface area contributed by atoms with Crippen molar-refractivity contribution in [2.45, 2.75) is 40.2 Å². The lowest BCUT2D eigenvalue weighted by atomic mass is 9.74. The molecule has 1 aliphatic carbocycles. The second-order valence-corrected chi connectivity index (χ2v) is 11.0. The van der Waals surface area contributed by atoms with Crippen LogP contribution in [0.4, 0.5) is 5.69 Å². The Morgan fingerprint density at radius 2 is 1.63 bits per heavy atom. The summed E-state index contributed by atoms with van der Waals surface area (Å²) in [6, 6.07) is 18.2. The monoisotopic (exact) mass is 591 g/mol. The number of benzene rings is 3. The highest BCUT2D eigenvalue weighted by Crippen LogP contribution is 2.49. The van der Waals surface area contributed by atoms with Gasteiger partial charge in [-0.05, 0) is 44.9 Å². The molecule has 0 aromatic heterocycles. The number of nitrogens with zero attached hydrogens (tertiary/aromatic N) is 2. The summed E-state index contributed by atoms with van der Waals surface area (Å²) in [6.07, 6.45) is 6.72. The zero-order valence-electron chi connectivity index (χ0n) is 24.0. The summed E-state index contributed by atoms with van der Waals surface area (Å²) in [4.78, 5) is 2.34. The maximum Gasteiger partial charge on any atom is 0.202 e. The van der Waals surface area contributed by atoms with Crippen molar-refractivity contribution < 1.29 is 19.2 Å². The number of ether oxygens (including phenoxy) is 2. The van der Waals surface area contributed by atoms with Crippen molar-refractivity contribution in [1.29, 1.82) is 0 Å². The van der Waals surface area contributed by atoms with Crippen LogP contribution in [0.3, 0.4) is 0 Å². The molecule has 214 valence electrons. The van der Waals surface area contributed by atoms with E-state index in [1.165, 1.54) is 11.3 Å². The van der Waals surface area contributed by atoms with Crippen molar-refractivity contribution in [2.24, 2.45) is 5.92 Å². The number of allylic oxidation sites excluding steroid dienone is 3. The summed E-state index contributed by atoms with van der Waals surface area (Å²) in [6.45, 7) is 12.7. The molecule has 0 saturated carbocycles. The summed E-state index contributed by atoms with van der Waals surface area (Å²) in [7, 11) is 0. The first-order valence-corrected chi connectivity index (χ1v) is 15.1. The van der Waals surface area contributed by atoms with E-state index in [4.69, 9.17) is 32.7 Å². The third-order valence-electron chi connectivity index (χ3n) is 8.04. The van der Waals surface area contributed by atoms with Gasteiger partial charge in [0.25, 0.3) is 0 Å². The van der Waals surface area contributed by atoms with Gasteiger partial charge >= 0.3 is 0 Å². The number of hydrogen-bond donors (Lipinski definition) is 1. The maximum atomic E-state index is 9.95. The summed E-state index contributed by atoms with van der Waals surface area (Å²) in [5.41, 5.74) is 5.71. The van der Waals surface area contributed by atoms with Crippen LogP contribution >= 0.6 is 23.2 Å². The molecular formula is C34H37Cl2N2O3+.